The molecule has 200 valence electrons. The number of phenolic OH excluding ortho intramolecular Hbond substituents is 1. The molecule has 2 unspecified atom stereocenters. The third-order valence-electron chi connectivity index (χ3n) is 5.04. The number of hydrogen-bond acceptors (Lipinski definition) is 5. The van der Waals surface area contributed by atoms with E-state index in [-0.39, 0.29) is 36.1 Å². The van der Waals surface area contributed by atoms with Crippen molar-refractivity contribution >= 4 is 11.8 Å². The van der Waals surface area contributed by atoms with Crippen LogP contribution in [-0.4, -0.2) is 30.1 Å². The van der Waals surface area contributed by atoms with Gasteiger partial charge in [-0.25, -0.2) is 0 Å². The molecule has 0 fully saturated rings. The number of nitrogens with one attached hydrogen (secondary N) is 2. The highest BCUT2D eigenvalue weighted by Crippen LogP contribution is 2.25. The van der Waals surface area contributed by atoms with Crippen molar-refractivity contribution in [2.24, 2.45) is 0 Å². The second kappa shape index (κ2) is 16.8. The van der Waals surface area contributed by atoms with Gasteiger partial charge in [0.15, 0.2) is 0 Å². The van der Waals surface area contributed by atoms with Crippen molar-refractivity contribution in [1.29, 1.82) is 0 Å². The maximum absolute atomic E-state index is 12.8. The normalized spacial score (nSPS) is 12.6. The lowest BCUT2D eigenvalue weighted by atomic mass is 10.0. The van der Waals surface area contributed by atoms with Crippen LogP contribution in [0.1, 0.15) is 58.7 Å². The van der Waals surface area contributed by atoms with Gasteiger partial charge in [0.25, 0.3) is 0 Å². The van der Waals surface area contributed by atoms with Crippen LogP contribution in [0.4, 0.5) is 0 Å². The molecule has 2 aromatic carbocycles. The Labute approximate surface area is 220 Å². The largest absolute Gasteiger partial charge is 0.508 e. The maximum Gasteiger partial charge on any atom is 0.225 e. The molecule has 2 aromatic rings. The van der Waals surface area contributed by atoms with Gasteiger partial charge in [-0.15, -0.1) is 0 Å². The highest BCUT2D eigenvalue weighted by atomic mass is 16.5. The average Bonchev–Trinajstić information content (AvgIpc) is 2.87. The first-order valence-electron chi connectivity index (χ1n) is 12.3. The Morgan fingerprint density at radius 3 is 2.32 bits per heavy atom. The number of allylic oxidation sites excluding steroid dienone is 4. The molecule has 0 aliphatic carbocycles. The molecule has 0 saturated carbocycles. The van der Waals surface area contributed by atoms with Gasteiger partial charge in [0.1, 0.15) is 11.5 Å². The van der Waals surface area contributed by atoms with Crippen LogP contribution in [0, 0.1) is 0 Å². The number of hydrogen-bond donors (Lipinski definition) is 3. The predicted molar refractivity (Wildman–Crippen MR) is 148 cm³/mol. The van der Waals surface area contributed by atoms with Crippen LogP contribution in [0.2, 0.25) is 0 Å². The van der Waals surface area contributed by atoms with Gasteiger partial charge in [0.05, 0.1) is 24.8 Å². The van der Waals surface area contributed by atoms with Crippen LogP contribution in [0.3, 0.4) is 0 Å². The Balaban J connectivity index is 0.00000334. The SMILES string of the molecule is CC.COC(C)C(NC(=O)Cc1cc(O/C=C/C=C(\C=C(C)C)NC(C)=O)ccc1O)c1ccccc1. The number of aromatic hydroxyl groups is 1. The Kier molecular flexibility index (Phi) is 14.1. The first kappa shape index (κ1) is 31.2. The van der Waals surface area contributed by atoms with Crippen molar-refractivity contribution in [3.63, 3.8) is 0 Å². The summed E-state index contributed by atoms with van der Waals surface area (Å²) in [6, 6.07) is 14.0. The quantitative estimate of drug-likeness (QED) is 0.266. The van der Waals surface area contributed by atoms with E-state index in [9.17, 15) is 14.7 Å². The third kappa shape index (κ3) is 11.6. The van der Waals surface area contributed by atoms with Gasteiger partial charge >= 0.3 is 0 Å². The Morgan fingerprint density at radius 1 is 1.05 bits per heavy atom. The highest BCUT2D eigenvalue weighted by molar-refractivity contribution is 5.80. The lowest BCUT2D eigenvalue weighted by Crippen LogP contribution is -2.36. The zero-order chi connectivity index (χ0) is 27.8. The molecule has 0 aliphatic rings. The number of amides is 2. The number of methoxy groups -OCH3 is 1. The van der Waals surface area contributed by atoms with E-state index < -0.39 is 0 Å². The fourth-order valence-corrected chi connectivity index (χ4v) is 3.34. The highest BCUT2D eigenvalue weighted by Gasteiger charge is 2.22. The molecule has 0 aliphatic heterocycles. The summed E-state index contributed by atoms with van der Waals surface area (Å²) in [7, 11) is 1.60. The Bertz CT molecular complexity index is 1090. The zero-order valence-electron chi connectivity index (χ0n) is 22.9. The predicted octanol–water partition coefficient (Wildman–Crippen LogP) is 5.73. The van der Waals surface area contributed by atoms with Crippen LogP contribution < -0.4 is 15.4 Å². The molecule has 0 spiro atoms. The second-order valence-electron chi connectivity index (χ2n) is 8.34. The molecular weight excluding hydrogens is 468 g/mol. The van der Waals surface area contributed by atoms with Crippen molar-refractivity contribution in [3.8, 4) is 11.5 Å². The van der Waals surface area contributed by atoms with Crippen molar-refractivity contribution in [3.05, 3.63) is 95.4 Å². The lowest BCUT2D eigenvalue weighted by molar-refractivity contribution is -0.122. The molecule has 7 heteroatoms. The van der Waals surface area contributed by atoms with Gasteiger partial charge in [-0.05, 0) is 62.8 Å². The number of carbonyl (C=O) groups excluding carboxylic acids is 2. The van der Waals surface area contributed by atoms with E-state index in [0.717, 1.165) is 11.1 Å². The summed E-state index contributed by atoms with van der Waals surface area (Å²) in [6.07, 6.45) is 6.40. The van der Waals surface area contributed by atoms with Gasteiger partial charge in [-0.1, -0.05) is 49.8 Å². The van der Waals surface area contributed by atoms with Gasteiger partial charge in [-0.3, -0.25) is 9.59 Å². The third-order valence-corrected chi connectivity index (χ3v) is 5.04. The molecule has 3 N–H and O–H groups in total. The van der Waals surface area contributed by atoms with Crippen LogP contribution in [0.5, 0.6) is 11.5 Å². The van der Waals surface area contributed by atoms with Crippen LogP contribution in [0.25, 0.3) is 0 Å². The smallest absolute Gasteiger partial charge is 0.225 e. The second-order valence-corrected chi connectivity index (χ2v) is 8.34. The summed E-state index contributed by atoms with van der Waals surface area (Å²) in [4.78, 5) is 24.2. The van der Waals surface area contributed by atoms with Crippen molar-refractivity contribution in [2.45, 2.75) is 60.1 Å². The molecule has 0 bridgehead atoms. The topological polar surface area (TPSA) is 96.9 Å². The van der Waals surface area contributed by atoms with Crippen LogP contribution in [-0.2, 0) is 20.7 Å². The molecule has 0 aromatic heterocycles. The minimum atomic E-state index is -0.330. The monoisotopic (exact) mass is 508 g/mol. The minimum absolute atomic E-state index is 0.00364. The van der Waals surface area contributed by atoms with Crippen LogP contribution >= 0.6 is 0 Å². The van der Waals surface area contributed by atoms with Gasteiger partial charge < -0.3 is 25.2 Å². The van der Waals surface area contributed by atoms with Crippen LogP contribution in [0.15, 0.2) is 84.3 Å². The summed E-state index contributed by atoms with van der Waals surface area (Å²) < 4.78 is 11.1. The number of benzene rings is 2. The lowest BCUT2D eigenvalue weighted by Gasteiger charge is -2.24. The minimum Gasteiger partial charge on any atom is -0.508 e. The average molecular weight is 509 g/mol. The van der Waals surface area contributed by atoms with E-state index in [2.05, 4.69) is 10.6 Å². The van der Waals surface area contributed by atoms with E-state index >= 15 is 0 Å². The van der Waals surface area contributed by atoms with E-state index in [0.29, 0.717) is 17.0 Å². The standard InChI is InChI=1S/C28H34N2O5.C2H6/c1-19(2)16-24(29-21(4)31)12-9-15-35-25-13-14-26(32)23(17-25)18-27(33)30-28(20(3)34-5)22-10-7-6-8-11-22;1-2/h6-17,20,28,32H,18H2,1-5H3,(H,29,31)(H,30,33);1-2H3/b15-9+,24-12+;. The van der Waals surface area contributed by atoms with E-state index in [1.807, 2.05) is 71.0 Å². The summed E-state index contributed by atoms with van der Waals surface area (Å²) in [6.45, 7) is 11.2. The first-order valence-corrected chi connectivity index (χ1v) is 12.3. The van der Waals surface area contributed by atoms with Gasteiger partial charge in [0.2, 0.25) is 11.8 Å². The fourth-order valence-electron chi connectivity index (χ4n) is 3.34. The first-order chi connectivity index (χ1) is 17.7. The molecule has 2 amide bonds. The number of carbonyl (C=O) groups is 2. The molecule has 2 atom stereocenters. The molecular formula is C30H40N2O5. The summed E-state index contributed by atoms with van der Waals surface area (Å²) in [5.74, 6) is 0.0432. The number of ether oxygens (including phenoxy) is 2. The summed E-state index contributed by atoms with van der Waals surface area (Å²) in [5, 5.41) is 16.0. The maximum atomic E-state index is 12.8. The molecule has 0 saturated heterocycles. The van der Waals surface area contributed by atoms with E-state index in [4.69, 9.17) is 9.47 Å². The van der Waals surface area contributed by atoms with E-state index in [1.165, 1.54) is 19.3 Å². The molecule has 0 radical (unpaired) electrons. The van der Waals surface area contributed by atoms with Gasteiger partial charge in [-0.2, -0.15) is 0 Å². The molecule has 7 nitrogen and oxygen atoms in total. The van der Waals surface area contributed by atoms with Crippen molar-refractivity contribution in [2.75, 3.05) is 7.11 Å². The fraction of sp³-hybridized carbons (Fsp3) is 0.333. The molecule has 2 rings (SSSR count). The summed E-state index contributed by atoms with van der Waals surface area (Å²) >= 11 is 0. The zero-order valence-corrected chi connectivity index (χ0v) is 22.9. The van der Waals surface area contributed by atoms with Gasteiger partial charge in [0, 0.05) is 25.3 Å². The van der Waals surface area contributed by atoms with Crippen molar-refractivity contribution < 1.29 is 24.2 Å². The number of phenols is 1. The summed E-state index contributed by atoms with van der Waals surface area (Å²) in [5.41, 5.74) is 3.04. The Morgan fingerprint density at radius 2 is 1.73 bits per heavy atom. The number of rotatable bonds is 11. The molecule has 0 heterocycles. The Hall–Kier alpha value is -3.84. The molecule has 37 heavy (non-hydrogen) atoms. The van der Waals surface area contributed by atoms with E-state index in [1.54, 1.807) is 31.4 Å². The van der Waals surface area contributed by atoms with Crippen molar-refractivity contribution in [1.82, 2.24) is 10.6 Å².